The number of hydrogen-bond donors (Lipinski definition) is 1. The highest BCUT2D eigenvalue weighted by atomic mass is 32.2. The van der Waals surface area contributed by atoms with Gasteiger partial charge in [-0.05, 0) is 38.7 Å². The van der Waals surface area contributed by atoms with E-state index >= 15 is 0 Å². The topological polar surface area (TPSA) is 21.3 Å². The van der Waals surface area contributed by atoms with Crippen LogP contribution in [-0.2, 0) is 0 Å². The minimum absolute atomic E-state index is 0.197. The average molecular weight is 253 g/mol. The fourth-order valence-corrected chi connectivity index (χ4v) is 1.96. The maximum atomic E-state index is 5.78. The largest absolute Gasteiger partial charge is 0.491 e. The molecule has 0 radical (unpaired) electrons. The van der Waals surface area contributed by atoms with Gasteiger partial charge in [0.25, 0.3) is 0 Å². The van der Waals surface area contributed by atoms with E-state index in [-0.39, 0.29) is 5.54 Å². The lowest BCUT2D eigenvalue weighted by atomic mass is 10.0. The molecule has 0 aliphatic rings. The van der Waals surface area contributed by atoms with Gasteiger partial charge in [-0.3, -0.25) is 0 Å². The molecule has 0 aliphatic heterocycles. The van der Waals surface area contributed by atoms with Crippen LogP contribution in [0.2, 0.25) is 0 Å². The van der Waals surface area contributed by atoms with E-state index in [1.807, 2.05) is 18.2 Å². The zero-order valence-electron chi connectivity index (χ0n) is 11.2. The molecule has 0 atom stereocenters. The van der Waals surface area contributed by atoms with Crippen molar-refractivity contribution in [3.05, 3.63) is 24.3 Å². The van der Waals surface area contributed by atoms with Gasteiger partial charge in [0.2, 0.25) is 0 Å². The Labute approximate surface area is 109 Å². The first-order chi connectivity index (χ1) is 8.09. The molecule has 1 aromatic carbocycles. The molecule has 0 fully saturated rings. The van der Waals surface area contributed by atoms with Crippen LogP contribution in [0.5, 0.6) is 5.75 Å². The minimum Gasteiger partial charge on any atom is -0.491 e. The summed E-state index contributed by atoms with van der Waals surface area (Å²) in [5.74, 6) is 0.983. The van der Waals surface area contributed by atoms with Crippen LogP contribution in [0, 0.1) is 0 Å². The van der Waals surface area contributed by atoms with Crippen LogP contribution >= 0.6 is 11.8 Å². The number of para-hydroxylation sites is 1. The molecule has 0 bridgehead atoms. The van der Waals surface area contributed by atoms with Crippen LogP contribution in [0.1, 0.15) is 27.2 Å². The predicted molar refractivity (Wildman–Crippen MR) is 76.1 cm³/mol. The molecule has 17 heavy (non-hydrogen) atoms. The van der Waals surface area contributed by atoms with E-state index in [9.17, 15) is 0 Å². The van der Waals surface area contributed by atoms with Crippen LogP contribution in [-0.4, -0.2) is 24.9 Å². The highest BCUT2D eigenvalue weighted by molar-refractivity contribution is 7.98. The SMILES string of the molecule is CCC(C)(C)NCCOc1ccccc1SC. The fourth-order valence-electron chi connectivity index (χ4n) is 1.41. The lowest BCUT2D eigenvalue weighted by molar-refractivity contribution is 0.276. The van der Waals surface area contributed by atoms with Gasteiger partial charge in [-0.25, -0.2) is 0 Å². The highest BCUT2D eigenvalue weighted by Gasteiger charge is 2.12. The molecule has 1 aromatic rings. The summed E-state index contributed by atoms with van der Waals surface area (Å²) >= 11 is 1.72. The van der Waals surface area contributed by atoms with Crippen LogP contribution in [0.25, 0.3) is 0 Å². The normalized spacial score (nSPS) is 11.5. The average Bonchev–Trinajstić information content (AvgIpc) is 2.35. The number of hydrogen-bond acceptors (Lipinski definition) is 3. The number of benzene rings is 1. The van der Waals surface area contributed by atoms with Gasteiger partial charge < -0.3 is 10.1 Å². The second-order valence-electron chi connectivity index (χ2n) is 4.66. The Kier molecular flexibility index (Phi) is 5.86. The number of rotatable bonds is 7. The summed E-state index contributed by atoms with van der Waals surface area (Å²) in [5.41, 5.74) is 0.197. The van der Waals surface area contributed by atoms with Crippen LogP contribution < -0.4 is 10.1 Å². The first-order valence-corrected chi connectivity index (χ1v) is 7.32. The first-order valence-electron chi connectivity index (χ1n) is 6.10. The smallest absolute Gasteiger partial charge is 0.132 e. The Morgan fingerprint density at radius 2 is 2.00 bits per heavy atom. The van der Waals surface area contributed by atoms with E-state index in [4.69, 9.17) is 4.74 Å². The molecule has 3 heteroatoms. The molecule has 1 rings (SSSR count). The monoisotopic (exact) mass is 253 g/mol. The third-order valence-corrected chi connectivity index (χ3v) is 3.69. The van der Waals surface area contributed by atoms with Crippen molar-refractivity contribution in [2.75, 3.05) is 19.4 Å². The molecule has 0 amide bonds. The second-order valence-corrected chi connectivity index (χ2v) is 5.51. The molecular weight excluding hydrogens is 230 g/mol. The molecule has 0 spiro atoms. The quantitative estimate of drug-likeness (QED) is 0.593. The van der Waals surface area contributed by atoms with E-state index in [0.717, 1.165) is 18.7 Å². The van der Waals surface area contributed by atoms with Crippen molar-refractivity contribution in [1.29, 1.82) is 0 Å². The van der Waals surface area contributed by atoms with E-state index in [1.165, 1.54) is 4.90 Å². The molecule has 0 saturated carbocycles. The number of ether oxygens (including phenoxy) is 1. The first kappa shape index (κ1) is 14.4. The van der Waals surface area contributed by atoms with Crippen molar-refractivity contribution in [3.8, 4) is 5.75 Å². The molecular formula is C14H23NOS. The molecule has 0 saturated heterocycles. The van der Waals surface area contributed by atoms with Crippen molar-refractivity contribution in [2.45, 2.75) is 37.6 Å². The van der Waals surface area contributed by atoms with Crippen molar-refractivity contribution < 1.29 is 4.74 Å². The van der Waals surface area contributed by atoms with Crippen molar-refractivity contribution in [2.24, 2.45) is 0 Å². The van der Waals surface area contributed by atoms with E-state index in [0.29, 0.717) is 6.61 Å². The van der Waals surface area contributed by atoms with Crippen molar-refractivity contribution in [1.82, 2.24) is 5.32 Å². The lowest BCUT2D eigenvalue weighted by Crippen LogP contribution is -2.40. The third kappa shape index (κ3) is 5.00. The van der Waals surface area contributed by atoms with E-state index in [1.54, 1.807) is 11.8 Å². The lowest BCUT2D eigenvalue weighted by Gasteiger charge is -2.24. The summed E-state index contributed by atoms with van der Waals surface area (Å²) in [4.78, 5) is 1.20. The van der Waals surface area contributed by atoms with E-state index in [2.05, 4.69) is 38.4 Å². The van der Waals surface area contributed by atoms with Crippen LogP contribution in [0.15, 0.2) is 29.2 Å². The molecule has 0 heterocycles. The Balaban J connectivity index is 2.36. The summed E-state index contributed by atoms with van der Waals surface area (Å²) in [7, 11) is 0. The number of thioether (sulfide) groups is 1. The molecule has 2 nitrogen and oxygen atoms in total. The van der Waals surface area contributed by atoms with Crippen molar-refractivity contribution >= 4 is 11.8 Å². The molecule has 0 aliphatic carbocycles. The minimum atomic E-state index is 0.197. The van der Waals surface area contributed by atoms with E-state index < -0.39 is 0 Å². The zero-order valence-corrected chi connectivity index (χ0v) is 12.1. The van der Waals surface area contributed by atoms with Crippen LogP contribution in [0.4, 0.5) is 0 Å². The van der Waals surface area contributed by atoms with Crippen molar-refractivity contribution in [3.63, 3.8) is 0 Å². The van der Waals surface area contributed by atoms with Gasteiger partial charge in [-0.2, -0.15) is 0 Å². The van der Waals surface area contributed by atoms with Gasteiger partial charge in [0, 0.05) is 17.0 Å². The third-order valence-electron chi connectivity index (χ3n) is 2.92. The summed E-state index contributed by atoms with van der Waals surface area (Å²) in [6.45, 7) is 8.20. The van der Waals surface area contributed by atoms with Gasteiger partial charge in [0.1, 0.15) is 12.4 Å². The standard InChI is InChI=1S/C14H23NOS/c1-5-14(2,3)15-10-11-16-12-8-6-7-9-13(12)17-4/h6-9,15H,5,10-11H2,1-4H3. The van der Waals surface area contributed by atoms with Gasteiger partial charge in [-0.1, -0.05) is 19.1 Å². The Morgan fingerprint density at radius 1 is 1.29 bits per heavy atom. The summed E-state index contributed by atoms with van der Waals surface area (Å²) in [6.07, 6.45) is 3.19. The zero-order chi connectivity index (χ0) is 12.7. The summed E-state index contributed by atoms with van der Waals surface area (Å²) < 4.78 is 5.78. The molecule has 96 valence electrons. The van der Waals surface area contributed by atoms with Gasteiger partial charge >= 0.3 is 0 Å². The predicted octanol–water partition coefficient (Wildman–Crippen LogP) is 3.57. The fraction of sp³-hybridized carbons (Fsp3) is 0.571. The molecule has 0 unspecified atom stereocenters. The molecule has 0 aromatic heterocycles. The maximum Gasteiger partial charge on any atom is 0.132 e. The van der Waals surface area contributed by atoms with Gasteiger partial charge in [0.05, 0.1) is 0 Å². The Hall–Kier alpha value is -0.670. The molecule has 1 N–H and O–H groups in total. The summed E-state index contributed by atoms with van der Waals surface area (Å²) in [5, 5.41) is 3.48. The Bertz CT molecular complexity index is 339. The van der Waals surface area contributed by atoms with Gasteiger partial charge in [-0.15, -0.1) is 11.8 Å². The van der Waals surface area contributed by atoms with Crippen LogP contribution in [0.3, 0.4) is 0 Å². The summed E-state index contributed by atoms with van der Waals surface area (Å²) in [6, 6.07) is 8.16. The van der Waals surface area contributed by atoms with Gasteiger partial charge in [0.15, 0.2) is 0 Å². The number of nitrogens with one attached hydrogen (secondary N) is 1. The Morgan fingerprint density at radius 3 is 2.65 bits per heavy atom. The second kappa shape index (κ2) is 6.92. The maximum absolute atomic E-state index is 5.78. The highest BCUT2D eigenvalue weighted by Crippen LogP contribution is 2.26.